The van der Waals surface area contributed by atoms with Crippen LogP contribution in [-0.4, -0.2) is 31.7 Å². The summed E-state index contributed by atoms with van der Waals surface area (Å²) < 4.78 is 13.1. The Hall–Kier alpha value is -1.62. The van der Waals surface area contributed by atoms with Gasteiger partial charge in [0.15, 0.2) is 0 Å². The maximum Gasteiger partial charge on any atom is 0.221 e. The molecule has 5 heteroatoms. The molecule has 1 aromatic carbocycles. The molecule has 0 aliphatic carbocycles. The molecule has 1 unspecified atom stereocenters. The summed E-state index contributed by atoms with van der Waals surface area (Å²) in [6, 6.07) is 4.27. The Morgan fingerprint density at radius 3 is 2.78 bits per heavy atom. The number of anilines is 1. The van der Waals surface area contributed by atoms with Crippen LogP contribution in [-0.2, 0) is 4.79 Å². The molecule has 1 amide bonds. The molecule has 0 radical (unpaired) electrons. The molecule has 0 aliphatic heterocycles. The standard InChI is InChI=1S/C13H19FN2O2/c1-9(17)11-8-10(14)4-5-12(11)16(3)7-6-13(18)15-2/h4-5,8-9,17H,6-7H2,1-3H3,(H,15,18). The van der Waals surface area contributed by atoms with E-state index in [1.165, 1.54) is 12.1 Å². The maximum atomic E-state index is 13.1. The van der Waals surface area contributed by atoms with Gasteiger partial charge in [0, 0.05) is 38.3 Å². The van der Waals surface area contributed by atoms with Crippen molar-refractivity contribution in [3.05, 3.63) is 29.6 Å². The Balaban J connectivity index is 2.84. The van der Waals surface area contributed by atoms with Crippen molar-refractivity contribution in [1.82, 2.24) is 5.32 Å². The highest BCUT2D eigenvalue weighted by Crippen LogP contribution is 2.26. The maximum absolute atomic E-state index is 13.1. The average molecular weight is 254 g/mol. The SMILES string of the molecule is CNC(=O)CCN(C)c1ccc(F)cc1C(C)O. The van der Waals surface area contributed by atoms with E-state index in [2.05, 4.69) is 5.32 Å². The summed E-state index contributed by atoms with van der Waals surface area (Å²) in [5.74, 6) is -0.433. The van der Waals surface area contributed by atoms with Crippen LogP contribution in [0, 0.1) is 5.82 Å². The largest absolute Gasteiger partial charge is 0.389 e. The zero-order valence-corrected chi connectivity index (χ0v) is 10.9. The highest BCUT2D eigenvalue weighted by molar-refractivity contribution is 5.76. The summed E-state index contributed by atoms with van der Waals surface area (Å²) in [5, 5.41) is 12.2. The van der Waals surface area contributed by atoms with E-state index in [0.29, 0.717) is 18.5 Å². The molecule has 18 heavy (non-hydrogen) atoms. The molecule has 1 rings (SSSR count). The first-order chi connectivity index (χ1) is 8.45. The second-order valence-electron chi connectivity index (χ2n) is 4.22. The number of nitrogens with zero attached hydrogens (tertiary/aromatic N) is 1. The predicted molar refractivity (Wildman–Crippen MR) is 69.0 cm³/mol. The number of aliphatic hydroxyl groups is 1. The minimum atomic E-state index is -0.752. The number of halogens is 1. The third kappa shape index (κ3) is 3.70. The first-order valence-corrected chi connectivity index (χ1v) is 5.85. The molecule has 1 aromatic rings. The number of carbonyl (C=O) groups excluding carboxylic acids is 1. The lowest BCUT2D eigenvalue weighted by atomic mass is 10.1. The van der Waals surface area contributed by atoms with Crippen LogP contribution in [0.3, 0.4) is 0 Å². The number of benzene rings is 1. The molecule has 0 spiro atoms. The highest BCUT2D eigenvalue weighted by Gasteiger charge is 2.13. The van der Waals surface area contributed by atoms with Gasteiger partial charge >= 0.3 is 0 Å². The van der Waals surface area contributed by atoms with Crippen LogP contribution in [0.4, 0.5) is 10.1 Å². The Bertz CT molecular complexity index is 421. The molecule has 0 bridgehead atoms. The van der Waals surface area contributed by atoms with Crippen molar-refractivity contribution in [2.45, 2.75) is 19.4 Å². The predicted octanol–water partition coefficient (Wildman–Crippen LogP) is 1.45. The Morgan fingerprint density at radius 2 is 2.22 bits per heavy atom. The second kappa shape index (κ2) is 6.35. The molecule has 0 fully saturated rings. The van der Waals surface area contributed by atoms with Crippen molar-refractivity contribution in [3.8, 4) is 0 Å². The van der Waals surface area contributed by atoms with Gasteiger partial charge in [-0.1, -0.05) is 0 Å². The average Bonchev–Trinajstić information content (AvgIpc) is 2.35. The van der Waals surface area contributed by atoms with Crippen molar-refractivity contribution in [2.24, 2.45) is 0 Å². The van der Waals surface area contributed by atoms with Crippen LogP contribution in [0.1, 0.15) is 25.0 Å². The zero-order valence-electron chi connectivity index (χ0n) is 10.9. The third-order valence-corrected chi connectivity index (χ3v) is 2.80. The monoisotopic (exact) mass is 254 g/mol. The summed E-state index contributed by atoms with van der Waals surface area (Å²) in [4.78, 5) is 13.0. The van der Waals surface area contributed by atoms with Crippen LogP contribution in [0.25, 0.3) is 0 Å². The van der Waals surface area contributed by atoms with Gasteiger partial charge in [-0.25, -0.2) is 4.39 Å². The molecule has 0 saturated carbocycles. The Morgan fingerprint density at radius 1 is 1.56 bits per heavy atom. The molecule has 0 aromatic heterocycles. The molecule has 0 saturated heterocycles. The topological polar surface area (TPSA) is 52.6 Å². The van der Waals surface area contributed by atoms with Gasteiger partial charge in [0.2, 0.25) is 5.91 Å². The van der Waals surface area contributed by atoms with E-state index in [-0.39, 0.29) is 11.7 Å². The number of rotatable bonds is 5. The van der Waals surface area contributed by atoms with Crippen molar-refractivity contribution >= 4 is 11.6 Å². The number of amides is 1. The van der Waals surface area contributed by atoms with Crippen LogP contribution in [0.5, 0.6) is 0 Å². The molecule has 0 aliphatic rings. The van der Waals surface area contributed by atoms with Gasteiger partial charge in [-0.2, -0.15) is 0 Å². The minimum Gasteiger partial charge on any atom is -0.389 e. The lowest BCUT2D eigenvalue weighted by molar-refractivity contribution is -0.120. The van der Waals surface area contributed by atoms with Crippen molar-refractivity contribution in [1.29, 1.82) is 0 Å². The van der Waals surface area contributed by atoms with E-state index in [1.807, 2.05) is 11.9 Å². The van der Waals surface area contributed by atoms with E-state index >= 15 is 0 Å². The summed E-state index contributed by atoms with van der Waals surface area (Å²) in [6.45, 7) is 2.09. The van der Waals surface area contributed by atoms with Gasteiger partial charge in [0.05, 0.1) is 6.10 Å². The van der Waals surface area contributed by atoms with E-state index in [0.717, 1.165) is 5.69 Å². The summed E-state index contributed by atoms with van der Waals surface area (Å²) in [5.41, 5.74) is 1.25. The number of hydrogen-bond donors (Lipinski definition) is 2. The lowest BCUT2D eigenvalue weighted by Crippen LogP contribution is -2.27. The molecular weight excluding hydrogens is 235 g/mol. The normalized spacial score (nSPS) is 12.1. The van der Waals surface area contributed by atoms with Crippen LogP contribution in [0.15, 0.2) is 18.2 Å². The summed E-state index contributed by atoms with van der Waals surface area (Å²) in [7, 11) is 3.39. The highest BCUT2D eigenvalue weighted by atomic mass is 19.1. The van der Waals surface area contributed by atoms with Crippen LogP contribution in [0.2, 0.25) is 0 Å². The van der Waals surface area contributed by atoms with Gasteiger partial charge in [-0.05, 0) is 25.1 Å². The van der Waals surface area contributed by atoms with Gasteiger partial charge in [-0.15, -0.1) is 0 Å². The van der Waals surface area contributed by atoms with Crippen molar-refractivity contribution in [2.75, 3.05) is 25.5 Å². The Kier molecular flexibility index (Phi) is 5.09. The fourth-order valence-corrected chi connectivity index (χ4v) is 1.72. The first kappa shape index (κ1) is 14.4. The van der Waals surface area contributed by atoms with Gasteiger partial charge in [0.25, 0.3) is 0 Å². The van der Waals surface area contributed by atoms with Gasteiger partial charge in [0.1, 0.15) is 5.82 Å². The lowest BCUT2D eigenvalue weighted by Gasteiger charge is -2.23. The van der Waals surface area contributed by atoms with Crippen molar-refractivity contribution in [3.63, 3.8) is 0 Å². The molecular formula is C13H19FN2O2. The second-order valence-corrected chi connectivity index (χ2v) is 4.22. The van der Waals surface area contributed by atoms with Gasteiger partial charge < -0.3 is 15.3 Å². The molecule has 100 valence electrons. The third-order valence-electron chi connectivity index (χ3n) is 2.80. The summed E-state index contributed by atoms with van der Waals surface area (Å²) in [6.07, 6.45) is -0.401. The molecule has 2 N–H and O–H groups in total. The van der Waals surface area contributed by atoms with E-state index < -0.39 is 6.10 Å². The van der Waals surface area contributed by atoms with Crippen LogP contribution >= 0.6 is 0 Å². The molecule has 0 heterocycles. The fraction of sp³-hybridized carbons (Fsp3) is 0.462. The number of carbonyl (C=O) groups is 1. The molecule has 1 atom stereocenters. The number of nitrogens with one attached hydrogen (secondary N) is 1. The van der Waals surface area contributed by atoms with Gasteiger partial charge in [-0.3, -0.25) is 4.79 Å². The first-order valence-electron chi connectivity index (χ1n) is 5.85. The number of aliphatic hydroxyl groups excluding tert-OH is 1. The zero-order chi connectivity index (χ0) is 13.7. The fourth-order valence-electron chi connectivity index (χ4n) is 1.72. The van der Waals surface area contributed by atoms with E-state index in [4.69, 9.17) is 0 Å². The smallest absolute Gasteiger partial charge is 0.221 e. The minimum absolute atomic E-state index is 0.0532. The van der Waals surface area contributed by atoms with Crippen molar-refractivity contribution < 1.29 is 14.3 Å². The summed E-state index contributed by atoms with van der Waals surface area (Å²) >= 11 is 0. The van der Waals surface area contributed by atoms with E-state index in [1.54, 1.807) is 20.0 Å². The number of hydrogen-bond acceptors (Lipinski definition) is 3. The van der Waals surface area contributed by atoms with Crippen LogP contribution < -0.4 is 10.2 Å². The Labute approximate surface area is 106 Å². The quantitative estimate of drug-likeness (QED) is 0.836. The van der Waals surface area contributed by atoms with E-state index in [9.17, 15) is 14.3 Å². The molecule has 4 nitrogen and oxygen atoms in total.